The number of nitrogens with zero attached hydrogens (tertiary/aromatic N) is 3. The molecule has 0 spiro atoms. The molecule has 8 nitrogen and oxygen atoms in total. The highest BCUT2D eigenvalue weighted by Crippen LogP contribution is 2.25. The molecule has 1 aromatic heterocycles. The Labute approximate surface area is 146 Å². The zero-order chi connectivity index (χ0) is 19.3. The van der Waals surface area contributed by atoms with Gasteiger partial charge in [0.15, 0.2) is 5.82 Å². The number of benzene rings is 1. The number of anilines is 3. The van der Waals surface area contributed by atoms with Gasteiger partial charge in [-0.15, -0.1) is 13.2 Å². The summed E-state index contributed by atoms with van der Waals surface area (Å²) < 4.78 is 45.1. The number of methoxy groups -OCH3 is 1. The monoisotopic (exact) mass is 371 g/mol. The molecule has 11 heteroatoms. The van der Waals surface area contributed by atoms with E-state index in [1.807, 2.05) is 0 Å². The minimum absolute atomic E-state index is 0.139. The van der Waals surface area contributed by atoms with E-state index >= 15 is 0 Å². The summed E-state index contributed by atoms with van der Waals surface area (Å²) in [5, 5.41) is 5.04. The van der Waals surface area contributed by atoms with Crippen molar-refractivity contribution in [1.82, 2.24) is 9.97 Å². The van der Waals surface area contributed by atoms with Gasteiger partial charge in [0.2, 0.25) is 0 Å². The molecule has 26 heavy (non-hydrogen) atoms. The lowest BCUT2D eigenvalue weighted by molar-refractivity contribution is -0.274. The van der Waals surface area contributed by atoms with Gasteiger partial charge in [-0.3, -0.25) is 0 Å². The highest BCUT2D eigenvalue weighted by atomic mass is 19.4. The van der Waals surface area contributed by atoms with E-state index in [1.54, 1.807) is 19.0 Å². The van der Waals surface area contributed by atoms with E-state index < -0.39 is 12.4 Å². The molecule has 2 amide bonds. The molecule has 0 saturated heterocycles. The predicted octanol–water partition coefficient (Wildman–Crippen LogP) is 3.09. The number of hydrogen-bond acceptors (Lipinski definition) is 6. The van der Waals surface area contributed by atoms with E-state index in [-0.39, 0.29) is 17.4 Å². The van der Waals surface area contributed by atoms with Crippen molar-refractivity contribution >= 4 is 23.2 Å². The average Bonchev–Trinajstić information content (AvgIpc) is 2.55. The first-order valence-corrected chi connectivity index (χ1v) is 7.20. The van der Waals surface area contributed by atoms with Crippen molar-refractivity contribution in [2.45, 2.75) is 6.36 Å². The maximum Gasteiger partial charge on any atom is 0.573 e. The first kappa shape index (κ1) is 19.1. The zero-order valence-electron chi connectivity index (χ0n) is 14.1. The quantitative estimate of drug-likeness (QED) is 0.840. The molecule has 0 saturated carbocycles. The number of rotatable bonds is 5. The summed E-state index contributed by atoms with van der Waals surface area (Å²) in [6, 6.07) is 4.25. The Morgan fingerprint density at radius 2 is 1.81 bits per heavy atom. The third-order valence-corrected chi connectivity index (χ3v) is 2.95. The Morgan fingerprint density at radius 3 is 2.35 bits per heavy atom. The summed E-state index contributed by atoms with van der Waals surface area (Å²) >= 11 is 0. The fraction of sp³-hybridized carbons (Fsp3) is 0.267. The molecule has 140 valence electrons. The van der Waals surface area contributed by atoms with Crippen LogP contribution in [-0.2, 0) is 0 Å². The summed E-state index contributed by atoms with van der Waals surface area (Å²) in [7, 11) is 4.87. The van der Waals surface area contributed by atoms with E-state index in [4.69, 9.17) is 4.74 Å². The second-order valence-corrected chi connectivity index (χ2v) is 5.14. The van der Waals surface area contributed by atoms with Crippen LogP contribution in [0, 0.1) is 0 Å². The van der Waals surface area contributed by atoms with Gasteiger partial charge in [-0.2, -0.15) is 4.98 Å². The lowest BCUT2D eigenvalue weighted by atomic mass is 10.3. The number of amides is 2. The zero-order valence-corrected chi connectivity index (χ0v) is 14.1. The van der Waals surface area contributed by atoms with Crippen molar-refractivity contribution in [2.75, 3.05) is 36.7 Å². The fourth-order valence-electron chi connectivity index (χ4n) is 1.91. The van der Waals surface area contributed by atoms with Gasteiger partial charge in [-0.05, 0) is 24.3 Å². The molecule has 1 heterocycles. The molecule has 0 aliphatic heterocycles. The molecule has 0 atom stereocenters. The average molecular weight is 371 g/mol. The third-order valence-electron chi connectivity index (χ3n) is 2.95. The number of aromatic nitrogens is 2. The minimum Gasteiger partial charge on any atom is -0.467 e. The largest absolute Gasteiger partial charge is 0.573 e. The van der Waals surface area contributed by atoms with Crippen molar-refractivity contribution in [3.05, 3.63) is 30.5 Å². The van der Waals surface area contributed by atoms with Gasteiger partial charge in [-0.1, -0.05) is 0 Å². The van der Waals surface area contributed by atoms with Gasteiger partial charge < -0.3 is 25.0 Å². The number of nitrogens with one attached hydrogen (secondary N) is 2. The van der Waals surface area contributed by atoms with Gasteiger partial charge in [0.25, 0.3) is 0 Å². The highest BCUT2D eigenvalue weighted by Gasteiger charge is 2.30. The first-order valence-electron chi connectivity index (χ1n) is 7.20. The number of halogens is 3. The van der Waals surface area contributed by atoms with Crippen molar-refractivity contribution in [3.8, 4) is 11.8 Å². The summed E-state index contributed by atoms with van der Waals surface area (Å²) in [5.41, 5.74) is 0.600. The molecule has 2 aromatic rings. The smallest absolute Gasteiger partial charge is 0.467 e. The number of urea groups is 1. The molecular formula is C15H16F3N5O3. The summed E-state index contributed by atoms with van der Waals surface area (Å²) in [6.45, 7) is 0. The minimum atomic E-state index is -4.77. The van der Waals surface area contributed by atoms with Crippen LogP contribution in [0.1, 0.15) is 0 Å². The van der Waals surface area contributed by atoms with E-state index in [1.165, 1.54) is 25.4 Å². The standard InChI is InChI=1S/C15H16F3N5O3/c1-23(2)12-11(8-19-14(22-12)25-3)21-13(24)20-9-4-6-10(7-5-9)26-15(16,17)18/h4-8H,1-3H3,(H2,20,21,24). The van der Waals surface area contributed by atoms with E-state index in [0.29, 0.717) is 11.5 Å². The van der Waals surface area contributed by atoms with Crippen LogP contribution >= 0.6 is 0 Å². The molecule has 0 aliphatic carbocycles. The molecule has 2 rings (SSSR count). The number of carbonyl (C=O) groups is 1. The Balaban J connectivity index is 2.05. The molecular weight excluding hydrogens is 355 g/mol. The van der Waals surface area contributed by atoms with Crippen LogP contribution in [0.3, 0.4) is 0 Å². The lowest BCUT2D eigenvalue weighted by Crippen LogP contribution is -2.22. The Hall–Kier alpha value is -3.24. The Bertz CT molecular complexity index is 766. The molecule has 0 unspecified atom stereocenters. The number of ether oxygens (including phenoxy) is 2. The summed E-state index contributed by atoms with van der Waals surface area (Å²) in [4.78, 5) is 21.8. The van der Waals surface area contributed by atoms with Crippen LogP contribution < -0.4 is 25.0 Å². The summed E-state index contributed by atoms with van der Waals surface area (Å²) in [5.74, 6) is 0.0304. The van der Waals surface area contributed by atoms with Crippen molar-refractivity contribution < 1.29 is 27.4 Å². The lowest BCUT2D eigenvalue weighted by Gasteiger charge is -2.17. The van der Waals surface area contributed by atoms with Crippen LogP contribution in [-0.4, -0.2) is 43.6 Å². The van der Waals surface area contributed by atoms with Crippen LogP contribution in [0.25, 0.3) is 0 Å². The Kier molecular flexibility index (Phi) is 5.70. The topological polar surface area (TPSA) is 88.6 Å². The fourth-order valence-corrected chi connectivity index (χ4v) is 1.91. The van der Waals surface area contributed by atoms with Gasteiger partial charge in [0, 0.05) is 19.8 Å². The molecule has 2 N–H and O–H groups in total. The van der Waals surface area contributed by atoms with E-state index in [0.717, 1.165) is 12.1 Å². The van der Waals surface area contributed by atoms with Crippen LogP contribution in [0.2, 0.25) is 0 Å². The Morgan fingerprint density at radius 1 is 1.15 bits per heavy atom. The van der Waals surface area contributed by atoms with Crippen molar-refractivity contribution in [1.29, 1.82) is 0 Å². The number of hydrogen-bond donors (Lipinski definition) is 2. The first-order chi connectivity index (χ1) is 12.2. The maximum atomic E-state index is 12.1. The van der Waals surface area contributed by atoms with E-state index in [9.17, 15) is 18.0 Å². The van der Waals surface area contributed by atoms with Crippen molar-refractivity contribution in [2.24, 2.45) is 0 Å². The second-order valence-electron chi connectivity index (χ2n) is 5.14. The SMILES string of the molecule is COc1ncc(NC(=O)Nc2ccc(OC(F)(F)F)cc2)c(N(C)C)n1. The van der Waals surface area contributed by atoms with Crippen LogP contribution in [0.15, 0.2) is 30.5 Å². The normalized spacial score (nSPS) is 10.8. The van der Waals surface area contributed by atoms with Gasteiger partial charge >= 0.3 is 18.4 Å². The second kappa shape index (κ2) is 7.76. The van der Waals surface area contributed by atoms with Crippen LogP contribution in [0.5, 0.6) is 11.8 Å². The molecule has 0 radical (unpaired) electrons. The van der Waals surface area contributed by atoms with Gasteiger partial charge in [0.05, 0.1) is 13.3 Å². The predicted molar refractivity (Wildman–Crippen MR) is 88.7 cm³/mol. The number of carbonyl (C=O) groups excluding carboxylic acids is 1. The van der Waals surface area contributed by atoms with E-state index in [2.05, 4.69) is 25.3 Å². The molecule has 0 aliphatic rings. The molecule has 1 aromatic carbocycles. The molecule has 0 bridgehead atoms. The molecule has 0 fully saturated rings. The highest BCUT2D eigenvalue weighted by molar-refractivity contribution is 6.01. The maximum absolute atomic E-state index is 12.1. The van der Waals surface area contributed by atoms with Crippen LogP contribution in [0.4, 0.5) is 35.2 Å². The number of alkyl halides is 3. The van der Waals surface area contributed by atoms with Gasteiger partial charge in [-0.25, -0.2) is 9.78 Å². The van der Waals surface area contributed by atoms with Gasteiger partial charge in [0.1, 0.15) is 11.4 Å². The summed E-state index contributed by atoms with van der Waals surface area (Å²) in [6.07, 6.45) is -3.40. The van der Waals surface area contributed by atoms with Crippen molar-refractivity contribution in [3.63, 3.8) is 0 Å². The third kappa shape index (κ3) is 5.40.